The van der Waals surface area contributed by atoms with E-state index in [1.165, 1.54) is 4.90 Å². The highest BCUT2D eigenvalue weighted by molar-refractivity contribution is 9.11. The van der Waals surface area contributed by atoms with E-state index in [0.717, 1.165) is 0 Å². The summed E-state index contributed by atoms with van der Waals surface area (Å²) in [7, 11) is -3.09. The molecular weight excluding hydrogens is 313 g/mol. The molecule has 3 atom stereocenters. The van der Waals surface area contributed by atoms with Gasteiger partial charge >= 0.3 is 10.2 Å². The van der Waals surface area contributed by atoms with Crippen molar-refractivity contribution in [3.8, 4) is 0 Å². The molecule has 0 N–H and O–H groups in total. The lowest BCUT2D eigenvalue weighted by molar-refractivity contribution is -0.139. The molecule has 4 nitrogen and oxygen atoms in total. The lowest BCUT2D eigenvalue weighted by atomic mass is 9.63. The van der Waals surface area contributed by atoms with Crippen molar-refractivity contribution in [3.05, 3.63) is 11.6 Å². The predicted octanol–water partition coefficient (Wildman–Crippen LogP) is 1.57. The summed E-state index contributed by atoms with van der Waals surface area (Å²) >= 11 is 2.99. The smallest absolute Gasteiger partial charge is 0.318 e. The summed E-state index contributed by atoms with van der Waals surface area (Å²) in [4.78, 5) is 13.3. The molecular formula is C10H13BrFNO3S. The molecule has 1 heterocycles. The van der Waals surface area contributed by atoms with E-state index in [1.807, 2.05) is 0 Å². The largest absolute Gasteiger partial charge is 0.336 e. The highest BCUT2D eigenvalue weighted by atomic mass is 79.9. The van der Waals surface area contributed by atoms with Gasteiger partial charge in [-0.15, -0.1) is 3.89 Å². The van der Waals surface area contributed by atoms with Gasteiger partial charge in [0, 0.05) is 25.0 Å². The van der Waals surface area contributed by atoms with Crippen LogP contribution in [0.5, 0.6) is 0 Å². The Morgan fingerprint density at radius 1 is 1.59 bits per heavy atom. The van der Waals surface area contributed by atoms with Gasteiger partial charge in [0.05, 0.1) is 5.54 Å². The Hall–Kier alpha value is -0.430. The average Bonchev–Trinajstić information content (AvgIpc) is 2.19. The average molecular weight is 326 g/mol. The highest BCUT2D eigenvalue weighted by Gasteiger charge is 2.69. The number of carbonyl (C=O) groups excluding carboxylic acids is 1. The van der Waals surface area contributed by atoms with Gasteiger partial charge < -0.3 is 4.90 Å². The molecule has 7 heteroatoms. The number of nitrogens with zero attached hydrogens (tertiary/aromatic N) is 1. The lowest BCUT2D eigenvalue weighted by Crippen LogP contribution is -2.72. The molecule has 0 unspecified atom stereocenters. The van der Waals surface area contributed by atoms with Gasteiger partial charge in [-0.2, -0.15) is 8.42 Å². The zero-order chi connectivity index (χ0) is 13.2. The van der Waals surface area contributed by atoms with Crippen molar-refractivity contribution in [2.75, 3.05) is 7.05 Å². The number of amides is 1. The zero-order valence-corrected chi connectivity index (χ0v) is 12.1. The molecule has 0 spiro atoms. The van der Waals surface area contributed by atoms with Crippen molar-refractivity contribution in [1.29, 1.82) is 0 Å². The molecule has 0 bridgehead atoms. The zero-order valence-electron chi connectivity index (χ0n) is 9.70. The van der Waals surface area contributed by atoms with E-state index in [9.17, 15) is 17.1 Å². The molecule has 1 aliphatic heterocycles. The molecule has 0 aromatic rings. The third-order valence-electron chi connectivity index (χ3n) is 3.96. The number of hydrogen-bond donors (Lipinski definition) is 0. The lowest BCUT2D eigenvalue weighted by Gasteiger charge is -2.61. The van der Waals surface area contributed by atoms with E-state index in [1.54, 1.807) is 27.0 Å². The molecule has 96 valence electrons. The van der Waals surface area contributed by atoms with Crippen LogP contribution in [0.2, 0.25) is 0 Å². The Morgan fingerprint density at radius 2 is 2.12 bits per heavy atom. The first-order valence-electron chi connectivity index (χ1n) is 5.14. The van der Waals surface area contributed by atoms with E-state index in [4.69, 9.17) is 0 Å². The maximum atomic E-state index is 13.3. The van der Waals surface area contributed by atoms with E-state index >= 15 is 0 Å². The van der Waals surface area contributed by atoms with Gasteiger partial charge in [0.1, 0.15) is 0 Å². The fourth-order valence-electron chi connectivity index (χ4n) is 2.73. The number of likely N-dealkylation sites (N-methyl/N-ethyl adjacent to an activating group) is 1. The Labute approximate surface area is 108 Å². The van der Waals surface area contributed by atoms with Crippen LogP contribution in [-0.2, 0) is 15.0 Å². The highest BCUT2D eigenvalue weighted by Crippen LogP contribution is 2.60. The SMILES string of the molecule is CC1=C[C@@H]2[C@@](C)(C[C@@]2(Br)S(=O)(=O)F)N(C)C1=O. The summed E-state index contributed by atoms with van der Waals surface area (Å²) in [6, 6.07) is 0. The number of hydrogen-bond acceptors (Lipinski definition) is 3. The second-order valence-electron chi connectivity index (χ2n) is 4.95. The molecule has 1 saturated carbocycles. The number of halogens is 2. The quantitative estimate of drug-likeness (QED) is 0.543. The van der Waals surface area contributed by atoms with E-state index in [-0.39, 0.29) is 12.3 Å². The number of carbonyl (C=O) groups is 1. The van der Waals surface area contributed by atoms with Crippen LogP contribution in [0.15, 0.2) is 11.6 Å². The fraction of sp³-hybridized carbons (Fsp3) is 0.700. The van der Waals surface area contributed by atoms with Gasteiger partial charge in [0.25, 0.3) is 0 Å². The first-order chi connectivity index (χ1) is 7.54. The molecule has 17 heavy (non-hydrogen) atoms. The third kappa shape index (κ3) is 1.44. The van der Waals surface area contributed by atoms with E-state index in [2.05, 4.69) is 15.9 Å². The number of alkyl halides is 1. The Bertz CT molecular complexity index is 532. The van der Waals surface area contributed by atoms with Crippen LogP contribution in [0, 0.1) is 5.92 Å². The Kier molecular flexibility index (Phi) is 2.54. The van der Waals surface area contributed by atoms with Crippen molar-refractivity contribution in [2.24, 2.45) is 5.92 Å². The van der Waals surface area contributed by atoms with Crippen LogP contribution in [-0.4, -0.2) is 35.5 Å². The summed E-state index contributed by atoms with van der Waals surface area (Å²) in [6.45, 7) is 3.37. The van der Waals surface area contributed by atoms with Crippen molar-refractivity contribution in [2.45, 2.75) is 29.5 Å². The summed E-state index contributed by atoms with van der Waals surface area (Å²) < 4.78 is 34.1. The summed E-state index contributed by atoms with van der Waals surface area (Å²) in [5.41, 5.74) is -0.193. The topological polar surface area (TPSA) is 54.5 Å². The van der Waals surface area contributed by atoms with Gasteiger partial charge in [-0.1, -0.05) is 22.0 Å². The molecule has 0 radical (unpaired) electrons. The van der Waals surface area contributed by atoms with Gasteiger partial charge in [0.15, 0.2) is 3.66 Å². The van der Waals surface area contributed by atoms with Crippen LogP contribution >= 0.6 is 15.9 Å². The normalized spacial score (nSPS) is 41.7. The van der Waals surface area contributed by atoms with Crippen molar-refractivity contribution >= 4 is 32.1 Å². The van der Waals surface area contributed by atoms with Crippen LogP contribution in [0.25, 0.3) is 0 Å². The Balaban J connectivity index is 2.52. The maximum Gasteiger partial charge on any atom is 0.318 e. The fourth-order valence-corrected chi connectivity index (χ4v) is 5.01. The molecule has 0 saturated heterocycles. The standard InChI is InChI=1S/C10H13BrFNO3S/c1-6-4-7-9(2,13(3)8(6)14)5-10(7,11)17(12,15)16/h4,7H,5H2,1-3H3/t7-,9-,10-/m1/s1. The summed E-state index contributed by atoms with van der Waals surface area (Å²) in [6.07, 6.45) is 1.60. The van der Waals surface area contributed by atoms with Crippen LogP contribution in [0.4, 0.5) is 3.89 Å². The number of rotatable bonds is 1. The molecule has 2 rings (SSSR count). The van der Waals surface area contributed by atoms with Crippen molar-refractivity contribution < 1.29 is 17.1 Å². The second-order valence-corrected chi connectivity index (χ2v) is 8.49. The van der Waals surface area contributed by atoms with Crippen molar-refractivity contribution in [3.63, 3.8) is 0 Å². The third-order valence-corrected chi connectivity index (χ3v) is 7.11. The first kappa shape index (κ1) is 13.0. The predicted molar refractivity (Wildman–Crippen MR) is 64.7 cm³/mol. The van der Waals surface area contributed by atoms with Crippen molar-refractivity contribution in [1.82, 2.24) is 4.90 Å². The minimum atomic E-state index is -4.70. The van der Waals surface area contributed by atoms with E-state index < -0.39 is 25.3 Å². The van der Waals surface area contributed by atoms with Gasteiger partial charge in [-0.3, -0.25) is 4.79 Å². The Morgan fingerprint density at radius 3 is 2.59 bits per heavy atom. The van der Waals surface area contributed by atoms with Crippen LogP contribution in [0.3, 0.4) is 0 Å². The molecule has 1 amide bonds. The van der Waals surface area contributed by atoms with Gasteiger partial charge in [-0.25, -0.2) is 0 Å². The van der Waals surface area contributed by atoms with Gasteiger partial charge in [-0.05, 0) is 13.8 Å². The van der Waals surface area contributed by atoms with Gasteiger partial charge in [0.2, 0.25) is 5.91 Å². The number of fused-ring (bicyclic) bond motifs is 1. The minimum Gasteiger partial charge on any atom is -0.336 e. The maximum absolute atomic E-state index is 13.3. The molecule has 1 fully saturated rings. The van der Waals surface area contributed by atoms with Crippen LogP contribution in [0.1, 0.15) is 20.3 Å². The molecule has 0 aromatic heterocycles. The molecule has 2 aliphatic rings. The minimum absolute atomic E-state index is 0.0511. The molecule has 0 aromatic carbocycles. The second kappa shape index (κ2) is 3.32. The summed E-state index contributed by atoms with van der Waals surface area (Å²) in [5.74, 6) is -0.706. The summed E-state index contributed by atoms with van der Waals surface area (Å²) in [5, 5.41) is 0. The monoisotopic (exact) mass is 325 g/mol. The van der Waals surface area contributed by atoms with E-state index in [0.29, 0.717) is 5.57 Å². The molecule has 1 aliphatic carbocycles. The van der Waals surface area contributed by atoms with Crippen LogP contribution < -0.4 is 0 Å². The first-order valence-corrected chi connectivity index (χ1v) is 7.31.